The highest BCUT2D eigenvalue weighted by Crippen LogP contribution is 2.24. The summed E-state index contributed by atoms with van der Waals surface area (Å²) in [5.74, 6) is 0. The lowest BCUT2D eigenvalue weighted by atomic mass is 9.98. The molecule has 2 aromatic rings. The molecule has 0 N–H and O–H groups in total. The first-order chi connectivity index (χ1) is 7.24. The quantitative estimate of drug-likeness (QED) is 0.701. The van der Waals surface area contributed by atoms with Crippen LogP contribution in [0.5, 0.6) is 0 Å². The predicted molar refractivity (Wildman–Crippen MR) is 63.5 cm³/mol. The van der Waals surface area contributed by atoms with E-state index in [-0.39, 0.29) is 5.24 Å². The molecule has 0 radical (unpaired) electrons. The molecule has 0 aliphatic heterocycles. The van der Waals surface area contributed by atoms with Gasteiger partial charge in [0.05, 0.1) is 0 Å². The maximum absolute atomic E-state index is 11.4. The van der Waals surface area contributed by atoms with Gasteiger partial charge in [0.2, 0.25) is 0 Å². The number of carbonyl (C=O) groups is 1. The molecule has 0 unspecified atom stereocenters. The molecule has 2 rings (SSSR count). The number of carbonyl (C=O) groups excluding carboxylic acids is 1. The van der Waals surface area contributed by atoms with Crippen LogP contribution in [0.15, 0.2) is 36.4 Å². The van der Waals surface area contributed by atoms with Crippen molar-refractivity contribution in [3.8, 4) is 0 Å². The van der Waals surface area contributed by atoms with Crippen LogP contribution >= 0.6 is 11.6 Å². The zero-order valence-electron chi connectivity index (χ0n) is 8.46. The third-order valence-electron chi connectivity index (χ3n) is 2.59. The molecule has 0 amide bonds. The number of aryl methyl sites for hydroxylation is 1. The summed E-state index contributed by atoms with van der Waals surface area (Å²) in [6, 6.07) is 11.8. The van der Waals surface area contributed by atoms with E-state index >= 15 is 0 Å². The highest BCUT2D eigenvalue weighted by Gasteiger charge is 2.11. The van der Waals surface area contributed by atoms with Crippen LogP contribution in [0.1, 0.15) is 22.8 Å². The first-order valence-corrected chi connectivity index (χ1v) is 5.32. The van der Waals surface area contributed by atoms with E-state index in [1.54, 1.807) is 0 Å². The summed E-state index contributed by atoms with van der Waals surface area (Å²) in [5.41, 5.74) is 1.66. The van der Waals surface area contributed by atoms with Crippen LogP contribution in [0, 0.1) is 0 Å². The maximum atomic E-state index is 11.4. The van der Waals surface area contributed by atoms with Gasteiger partial charge in [-0.1, -0.05) is 43.3 Å². The Morgan fingerprint density at radius 2 is 1.93 bits per heavy atom. The second-order valence-electron chi connectivity index (χ2n) is 3.45. The van der Waals surface area contributed by atoms with Gasteiger partial charge in [-0.2, -0.15) is 0 Å². The molecule has 0 bridgehead atoms. The van der Waals surface area contributed by atoms with Crippen molar-refractivity contribution >= 4 is 27.6 Å². The maximum Gasteiger partial charge on any atom is 0.253 e. The van der Waals surface area contributed by atoms with Crippen molar-refractivity contribution in [2.75, 3.05) is 0 Å². The van der Waals surface area contributed by atoms with Gasteiger partial charge in [0.1, 0.15) is 0 Å². The molecule has 0 atom stereocenters. The van der Waals surface area contributed by atoms with Gasteiger partial charge >= 0.3 is 0 Å². The number of benzene rings is 2. The summed E-state index contributed by atoms with van der Waals surface area (Å²) in [4.78, 5) is 11.4. The zero-order chi connectivity index (χ0) is 10.8. The minimum Gasteiger partial charge on any atom is -0.276 e. The molecule has 0 aliphatic rings. The van der Waals surface area contributed by atoms with Crippen molar-refractivity contribution in [2.45, 2.75) is 13.3 Å². The van der Waals surface area contributed by atoms with Crippen molar-refractivity contribution in [1.82, 2.24) is 0 Å². The van der Waals surface area contributed by atoms with E-state index in [9.17, 15) is 4.79 Å². The molecule has 2 heteroatoms. The first-order valence-electron chi connectivity index (χ1n) is 4.94. The van der Waals surface area contributed by atoms with Gasteiger partial charge in [-0.25, -0.2) is 0 Å². The zero-order valence-corrected chi connectivity index (χ0v) is 9.21. The second-order valence-corrected chi connectivity index (χ2v) is 3.79. The Morgan fingerprint density at radius 1 is 1.20 bits per heavy atom. The Bertz CT molecular complexity index is 517. The minimum absolute atomic E-state index is 0.372. The number of halogens is 1. The second kappa shape index (κ2) is 4.03. The van der Waals surface area contributed by atoms with Crippen LogP contribution in [-0.2, 0) is 6.42 Å². The van der Waals surface area contributed by atoms with Crippen molar-refractivity contribution in [1.29, 1.82) is 0 Å². The van der Waals surface area contributed by atoms with Crippen LogP contribution in [0.2, 0.25) is 0 Å². The van der Waals surface area contributed by atoms with Crippen LogP contribution in [0.4, 0.5) is 0 Å². The van der Waals surface area contributed by atoms with Gasteiger partial charge in [0.15, 0.2) is 0 Å². The van der Waals surface area contributed by atoms with Gasteiger partial charge in [0.25, 0.3) is 5.24 Å². The summed E-state index contributed by atoms with van der Waals surface area (Å²) in [6.07, 6.45) is 0.818. The standard InChI is InChI=1S/C13H11ClO/c1-2-9-7-8-10-5-3-4-6-11(10)12(9)13(14)15/h3-8H,2H2,1H3. The monoisotopic (exact) mass is 218 g/mol. The average molecular weight is 219 g/mol. The molecule has 0 aromatic heterocycles. The van der Waals surface area contributed by atoms with Gasteiger partial charge in [-0.15, -0.1) is 0 Å². The molecular formula is C13H11ClO. The van der Waals surface area contributed by atoms with E-state index in [0.29, 0.717) is 5.56 Å². The summed E-state index contributed by atoms with van der Waals surface area (Å²) < 4.78 is 0. The van der Waals surface area contributed by atoms with Crippen molar-refractivity contribution in [3.63, 3.8) is 0 Å². The third-order valence-corrected chi connectivity index (χ3v) is 2.78. The predicted octanol–water partition coefficient (Wildman–Crippen LogP) is 3.78. The number of fused-ring (bicyclic) bond motifs is 1. The topological polar surface area (TPSA) is 17.1 Å². The summed E-state index contributed by atoms with van der Waals surface area (Å²) >= 11 is 5.63. The molecule has 0 saturated carbocycles. The summed E-state index contributed by atoms with van der Waals surface area (Å²) in [5, 5.41) is 1.62. The molecule has 1 nitrogen and oxygen atoms in total. The molecule has 0 aliphatic carbocycles. The Kier molecular flexibility index (Phi) is 2.74. The van der Waals surface area contributed by atoms with Crippen LogP contribution in [0.3, 0.4) is 0 Å². The van der Waals surface area contributed by atoms with E-state index in [0.717, 1.165) is 22.8 Å². The largest absolute Gasteiger partial charge is 0.276 e. The number of hydrogen-bond donors (Lipinski definition) is 0. The number of hydrogen-bond acceptors (Lipinski definition) is 1. The molecule has 15 heavy (non-hydrogen) atoms. The molecule has 76 valence electrons. The van der Waals surface area contributed by atoms with Gasteiger partial charge in [-0.05, 0) is 34.4 Å². The minimum atomic E-state index is -0.372. The fraction of sp³-hybridized carbons (Fsp3) is 0.154. The number of rotatable bonds is 2. The molecule has 0 fully saturated rings. The fourth-order valence-electron chi connectivity index (χ4n) is 1.84. The molecule has 0 spiro atoms. The summed E-state index contributed by atoms with van der Waals surface area (Å²) in [7, 11) is 0. The van der Waals surface area contributed by atoms with Crippen molar-refractivity contribution < 1.29 is 4.79 Å². The van der Waals surface area contributed by atoms with Crippen LogP contribution in [-0.4, -0.2) is 5.24 Å². The Balaban J connectivity index is 2.85. The van der Waals surface area contributed by atoms with Gasteiger partial charge in [0, 0.05) is 5.56 Å². The Labute approximate surface area is 93.7 Å². The van der Waals surface area contributed by atoms with E-state index in [1.165, 1.54) is 0 Å². The smallest absolute Gasteiger partial charge is 0.253 e. The average Bonchev–Trinajstić information content (AvgIpc) is 2.27. The normalized spacial score (nSPS) is 10.5. The first kappa shape index (κ1) is 10.2. The lowest BCUT2D eigenvalue weighted by Crippen LogP contribution is -1.97. The van der Waals surface area contributed by atoms with Crippen LogP contribution in [0.25, 0.3) is 10.8 Å². The highest BCUT2D eigenvalue weighted by molar-refractivity contribution is 6.68. The van der Waals surface area contributed by atoms with Gasteiger partial charge in [-0.3, -0.25) is 4.79 Å². The Morgan fingerprint density at radius 3 is 2.60 bits per heavy atom. The van der Waals surface area contributed by atoms with E-state index in [4.69, 9.17) is 11.6 Å². The summed E-state index contributed by atoms with van der Waals surface area (Å²) in [6.45, 7) is 2.02. The van der Waals surface area contributed by atoms with Gasteiger partial charge < -0.3 is 0 Å². The fourth-order valence-corrected chi connectivity index (χ4v) is 2.07. The molecule has 2 aromatic carbocycles. The highest BCUT2D eigenvalue weighted by atomic mass is 35.5. The van der Waals surface area contributed by atoms with E-state index in [1.807, 2.05) is 43.3 Å². The van der Waals surface area contributed by atoms with E-state index < -0.39 is 0 Å². The Hall–Kier alpha value is -1.34. The lowest BCUT2D eigenvalue weighted by molar-refractivity contribution is 0.108. The SMILES string of the molecule is CCc1ccc2ccccc2c1C(=O)Cl. The molecule has 0 saturated heterocycles. The molecule has 0 heterocycles. The molecular weight excluding hydrogens is 208 g/mol. The third kappa shape index (κ3) is 1.75. The van der Waals surface area contributed by atoms with Crippen molar-refractivity contribution in [2.24, 2.45) is 0 Å². The lowest BCUT2D eigenvalue weighted by Gasteiger charge is -2.07. The van der Waals surface area contributed by atoms with Crippen molar-refractivity contribution in [3.05, 3.63) is 47.5 Å². The van der Waals surface area contributed by atoms with Crippen LogP contribution < -0.4 is 0 Å². The van der Waals surface area contributed by atoms with E-state index in [2.05, 4.69) is 0 Å².